The summed E-state index contributed by atoms with van der Waals surface area (Å²) in [5, 5.41) is 11.5. The molecule has 1 fully saturated rings. The van der Waals surface area contributed by atoms with Crippen LogP contribution < -0.4 is 10.5 Å². The predicted molar refractivity (Wildman–Crippen MR) is 93.6 cm³/mol. The third-order valence-corrected chi connectivity index (χ3v) is 5.76. The normalized spacial score (nSPS) is 24.0. The number of benzene rings is 1. The number of quaternary nitrogens is 1. The second kappa shape index (κ2) is 6.25. The second-order valence-electron chi connectivity index (χ2n) is 7.62. The average Bonchev–Trinajstić information content (AvgIpc) is 2.58. The first-order valence-corrected chi connectivity index (χ1v) is 9.26. The lowest BCUT2D eigenvalue weighted by atomic mass is 9.90. The number of hydrogen-bond donors (Lipinski definition) is 2. The number of aryl methyl sites for hydroxylation is 1. The summed E-state index contributed by atoms with van der Waals surface area (Å²) in [7, 11) is 0. The van der Waals surface area contributed by atoms with E-state index in [0.29, 0.717) is 11.5 Å². The summed E-state index contributed by atoms with van der Waals surface area (Å²) >= 11 is 0. The molecule has 0 radical (unpaired) electrons. The Morgan fingerprint density at radius 3 is 2.79 bits per heavy atom. The third kappa shape index (κ3) is 2.73. The van der Waals surface area contributed by atoms with Crippen LogP contribution in [0.25, 0.3) is 11.0 Å². The van der Waals surface area contributed by atoms with Crippen LogP contribution in [-0.4, -0.2) is 18.2 Å². The first kappa shape index (κ1) is 15.7. The number of piperidine rings is 1. The van der Waals surface area contributed by atoms with Crippen molar-refractivity contribution in [3.63, 3.8) is 0 Å². The van der Waals surface area contributed by atoms with Gasteiger partial charge in [-0.25, -0.2) is 4.79 Å². The minimum absolute atomic E-state index is 0.203. The van der Waals surface area contributed by atoms with Gasteiger partial charge in [-0.15, -0.1) is 0 Å². The smallest absolute Gasteiger partial charge is 0.339 e. The highest BCUT2D eigenvalue weighted by atomic mass is 16.4. The van der Waals surface area contributed by atoms with Gasteiger partial charge >= 0.3 is 5.63 Å². The highest BCUT2D eigenvalue weighted by Crippen LogP contribution is 2.32. The molecule has 4 nitrogen and oxygen atoms in total. The van der Waals surface area contributed by atoms with Gasteiger partial charge in [-0.05, 0) is 56.2 Å². The lowest BCUT2D eigenvalue weighted by molar-refractivity contribution is -0.922. The van der Waals surface area contributed by atoms with Gasteiger partial charge in [0, 0.05) is 16.9 Å². The lowest BCUT2D eigenvalue weighted by Crippen LogP contribution is -3.12. The molecule has 0 spiro atoms. The summed E-state index contributed by atoms with van der Waals surface area (Å²) in [6.45, 7) is 5.26. The van der Waals surface area contributed by atoms with E-state index >= 15 is 0 Å². The van der Waals surface area contributed by atoms with E-state index in [9.17, 15) is 9.90 Å². The number of rotatable bonds is 2. The Morgan fingerprint density at radius 2 is 2.00 bits per heavy atom. The summed E-state index contributed by atoms with van der Waals surface area (Å²) in [6.07, 6.45) is 6.45. The number of fused-ring (bicyclic) bond motifs is 3. The van der Waals surface area contributed by atoms with Gasteiger partial charge in [0.05, 0.1) is 18.7 Å². The topological polar surface area (TPSA) is 54.9 Å². The molecule has 2 N–H and O–H groups in total. The fourth-order valence-corrected chi connectivity index (χ4v) is 4.53. The molecule has 4 heteroatoms. The van der Waals surface area contributed by atoms with Crippen LogP contribution in [-0.2, 0) is 19.4 Å². The minimum atomic E-state index is -0.203. The number of hydrogen-bond acceptors (Lipinski definition) is 3. The maximum atomic E-state index is 12.4. The van der Waals surface area contributed by atoms with E-state index < -0.39 is 0 Å². The molecule has 24 heavy (non-hydrogen) atoms. The molecule has 1 saturated heterocycles. The van der Waals surface area contributed by atoms with Crippen molar-refractivity contribution in [3.05, 3.63) is 39.2 Å². The number of nitrogens with one attached hydrogen (secondary N) is 1. The molecule has 1 aliphatic heterocycles. The molecule has 0 saturated carbocycles. The van der Waals surface area contributed by atoms with E-state index in [0.717, 1.165) is 67.4 Å². The highest BCUT2D eigenvalue weighted by Gasteiger charge is 2.25. The van der Waals surface area contributed by atoms with E-state index in [1.807, 2.05) is 6.07 Å². The standard InChI is InChI=1S/C20H25NO3/c1-13-5-4-10-21(11-13)12-17-18(22)9-8-15-14-6-2-3-7-16(14)20(23)24-19(15)17/h8-9,13,22H,2-7,10-12H2,1H3/p+1/t13-/m0/s1. The van der Waals surface area contributed by atoms with Gasteiger partial charge in [0.25, 0.3) is 0 Å². The zero-order chi connectivity index (χ0) is 16.7. The Balaban J connectivity index is 1.81. The van der Waals surface area contributed by atoms with Crippen LogP contribution in [0.4, 0.5) is 0 Å². The molecule has 1 aromatic carbocycles. The van der Waals surface area contributed by atoms with Crippen LogP contribution in [0.1, 0.15) is 49.3 Å². The van der Waals surface area contributed by atoms with E-state index in [4.69, 9.17) is 4.42 Å². The molecule has 1 aliphatic carbocycles. The summed E-state index contributed by atoms with van der Waals surface area (Å²) in [6, 6.07) is 3.70. The Labute approximate surface area is 142 Å². The second-order valence-corrected chi connectivity index (χ2v) is 7.62. The Hall–Kier alpha value is -1.81. The van der Waals surface area contributed by atoms with Crippen LogP contribution in [0.2, 0.25) is 0 Å². The number of aromatic hydroxyl groups is 1. The largest absolute Gasteiger partial charge is 0.507 e. The van der Waals surface area contributed by atoms with Crippen LogP contribution in [0.3, 0.4) is 0 Å². The monoisotopic (exact) mass is 328 g/mol. The zero-order valence-electron chi connectivity index (χ0n) is 14.4. The quantitative estimate of drug-likeness (QED) is 0.831. The van der Waals surface area contributed by atoms with Gasteiger partial charge in [-0.1, -0.05) is 6.92 Å². The molecule has 4 rings (SSSR count). The number of phenolic OH excluding ortho intramolecular Hbond substituents is 1. The first-order valence-electron chi connectivity index (χ1n) is 9.26. The Kier molecular flexibility index (Phi) is 4.09. The Morgan fingerprint density at radius 1 is 1.21 bits per heavy atom. The Bertz CT molecular complexity index is 824. The van der Waals surface area contributed by atoms with Crippen LogP contribution >= 0.6 is 0 Å². The van der Waals surface area contributed by atoms with Gasteiger partial charge < -0.3 is 14.4 Å². The zero-order valence-corrected chi connectivity index (χ0v) is 14.4. The van der Waals surface area contributed by atoms with Crippen LogP contribution in [0.15, 0.2) is 21.3 Å². The molecule has 0 bridgehead atoms. The van der Waals surface area contributed by atoms with Crippen molar-refractivity contribution in [3.8, 4) is 5.75 Å². The molecule has 2 heterocycles. The molecule has 128 valence electrons. The van der Waals surface area contributed by atoms with Crippen molar-refractivity contribution >= 4 is 11.0 Å². The van der Waals surface area contributed by atoms with Gasteiger partial charge in [-0.2, -0.15) is 0 Å². The maximum absolute atomic E-state index is 12.4. The van der Waals surface area contributed by atoms with Gasteiger partial charge in [0.2, 0.25) is 0 Å². The number of phenols is 1. The maximum Gasteiger partial charge on any atom is 0.339 e. The summed E-state index contributed by atoms with van der Waals surface area (Å²) < 4.78 is 5.71. The molecular formula is C20H26NO3+. The van der Waals surface area contributed by atoms with Crippen molar-refractivity contribution in [1.29, 1.82) is 0 Å². The van der Waals surface area contributed by atoms with Gasteiger partial charge in [0.15, 0.2) is 5.58 Å². The fraction of sp³-hybridized carbons (Fsp3) is 0.550. The van der Waals surface area contributed by atoms with Gasteiger partial charge in [-0.3, -0.25) is 0 Å². The summed E-state index contributed by atoms with van der Waals surface area (Å²) in [4.78, 5) is 13.9. The van der Waals surface area contributed by atoms with Crippen molar-refractivity contribution in [2.45, 2.75) is 52.0 Å². The van der Waals surface area contributed by atoms with Crippen molar-refractivity contribution < 1.29 is 14.4 Å². The summed E-state index contributed by atoms with van der Waals surface area (Å²) in [5.41, 5.74) is 3.22. The van der Waals surface area contributed by atoms with E-state index in [-0.39, 0.29) is 11.4 Å². The highest BCUT2D eigenvalue weighted by molar-refractivity contribution is 5.86. The van der Waals surface area contributed by atoms with Crippen molar-refractivity contribution in [2.24, 2.45) is 5.92 Å². The fourth-order valence-electron chi connectivity index (χ4n) is 4.53. The molecule has 2 aromatic rings. The van der Waals surface area contributed by atoms with Crippen LogP contribution in [0, 0.1) is 5.92 Å². The molecule has 2 atom stereocenters. The summed E-state index contributed by atoms with van der Waals surface area (Å²) in [5.74, 6) is 0.970. The first-order chi connectivity index (χ1) is 11.6. The SMILES string of the molecule is C[C@H]1CCC[NH+](Cc2c(O)ccc3c4c(c(=O)oc23)CCCC4)C1. The molecule has 1 aromatic heterocycles. The average molecular weight is 328 g/mol. The molecule has 1 unspecified atom stereocenters. The van der Waals surface area contributed by atoms with Gasteiger partial charge in [0.1, 0.15) is 12.3 Å². The molecule has 2 aliphatic rings. The van der Waals surface area contributed by atoms with Crippen molar-refractivity contribution in [1.82, 2.24) is 0 Å². The lowest BCUT2D eigenvalue weighted by Gasteiger charge is -2.28. The van der Waals surface area contributed by atoms with E-state index in [1.54, 1.807) is 6.07 Å². The molecule has 0 amide bonds. The molecular weight excluding hydrogens is 302 g/mol. The number of likely N-dealkylation sites (tertiary alicyclic amines) is 1. The van der Waals surface area contributed by atoms with E-state index in [2.05, 4.69) is 6.92 Å². The minimum Gasteiger partial charge on any atom is -0.507 e. The third-order valence-electron chi connectivity index (χ3n) is 5.76. The van der Waals surface area contributed by atoms with Crippen molar-refractivity contribution in [2.75, 3.05) is 13.1 Å². The van der Waals surface area contributed by atoms with E-state index in [1.165, 1.54) is 17.7 Å². The predicted octanol–water partition coefficient (Wildman–Crippen LogP) is 2.19. The van der Waals surface area contributed by atoms with Crippen LogP contribution in [0.5, 0.6) is 5.75 Å².